The van der Waals surface area contributed by atoms with Crippen LogP contribution in [0.1, 0.15) is 36.0 Å². The summed E-state index contributed by atoms with van der Waals surface area (Å²) in [6, 6.07) is 1.38. The summed E-state index contributed by atoms with van der Waals surface area (Å²) in [5.41, 5.74) is -3.65. The molecular formula is C24H19F7N4O2. The number of aromatic nitrogens is 2. The largest absolute Gasteiger partial charge is 0.354 e. The molecular weight excluding hydrogens is 509 g/mol. The van der Waals surface area contributed by atoms with Gasteiger partial charge in [0.2, 0.25) is 11.2 Å². The summed E-state index contributed by atoms with van der Waals surface area (Å²) in [7, 11) is 0. The topological polar surface area (TPSA) is 67.2 Å². The van der Waals surface area contributed by atoms with Crippen LogP contribution in [0.3, 0.4) is 0 Å². The molecule has 1 aliphatic heterocycles. The highest BCUT2D eigenvalue weighted by atomic mass is 19.3. The summed E-state index contributed by atoms with van der Waals surface area (Å²) in [4.78, 5) is 31.7. The molecule has 2 fully saturated rings. The Bertz CT molecular complexity index is 1440. The molecule has 1 N–H and O–H groups in total. The number of carbonyl (C=O) groups excluding carboxylic acids is 1. The van der Waals surface area contributed by atoms with Crippen LogP contribution in [-0.2, 0) is 0 Å². The number of fused-ring (bicyclic) bond motifs is 1. The first-order valence-electron chi connectivity index (χ1n) is 11.5. The number of alkyl halides is 3. The third kappa shape index (κ3) is 4.29. The molecule has 3 aromatic rings. The number of nitrogens with one attached hydrogen (secondary N) is 1. The number of benzene rings is 1. The van der Waals surface area contributed by atoms with E-state index < -0.39 is 75.0 Å². The highest BCUT2D eigenvalue weighted by molar-refractivity contribution is 5.97. The van der Waals surface area contributed by atoms with Crippen LogP contribution in [0.15, 0.2) is 29.2 Å². The third-order valence-corrected chi connectivity index (χ3v) is 6.58. The smallest absolute Gasteiger partial charge is 0.290 e. The number of nitrogens with zero attached hydrogens (tertiary/aromatic N) is 3. The Morgan fingerprint density at radius 3 is 2.22 bits per heavy atom. The van der Waals surface area contributed by atoms with Crippen molar-refractivity contribution in [1.29, 1.82) is 0 Å². The zero-order chi connectivity index (χ0) is 26.6. The lowest BCUT2D eigenvalue weighted by Gasteiger charge is -2.26. The summed E-state index contributed by atoms with van der Waals surface area (Å²) in [6.45, 7) is 0.847. The Labute approximate surface area is 204 Å². The molecule has 196 valence electrons. The van der Waals surface area contributed by atoms with Gasteiger partial charge in [-0.3, -0.25) is 14.2 Å². The molecule has 1 aromatic carbocycles. The fraction of sp³-hybridized carbons (Fsp3) is 0.375. The highest BCUT2D eigenvalue weighted by Crippen LogP contribution is 2.44. The van der Waals surface area contributed by atoms with Crippen molar-refractivity contribution in [1.82, 2.24) is 14.9 Å². The predicted octanol–water partition coefficient (Wildman–Crippen LogP) is 4.61. The summed E-state index contributed by atoms with van der Waals surface area (Å²) in [5, 5.41) is 0.904. The van der Waals surface area contributed by atoms with Crippen molar-refractivity contribution in [2.24, 2.45) is 5.92 Å². The van der Waals surface area contributed by atoms with Crippen LogP contribution in [0.5, 0.6) is 0 Å². The van der Waals surface area contributed by atoms with Crippen LogP contribution in [-0.4, -0.2) is 40.8 Å². The Kier molecular flexibility index (Phi) is 6.11. The van der Waals surface area contributed by atoms with Gasteiger partial charge < -0.3 is 10.2 Å². The Hall–Kier alpha value is -3.64. The van der Waals surface area contributed by atoms with E-state index in [0.717, 1.165) is 12.8 Å². The van der Waals surface area contributed by atoms with Crippen LogP contribution in [0, 0.1) is 29.2 Å². The molecule has 1 aliphatic carbocycles. The van der Waals surface area contributed by atoms with Gasteiger partial charge in [-0.2, -0.15) is 0 Å². The van der Waals surface area contributed by atoms with Gasteiger partial charge in [-0.05, 0) is 31.7 Å². The molecule has 5 rings (SSSR count). The van der Waals surface area contributed by atoms with Gasteiger partial charge in [0.05, 0.1) is 5.39 Å². The van der Waals surface area contributed by atoms with Gasteiger partial charge in [-0.15, -0.1) is 0 Å². The maximum absolute atomic E-state index is 15.0. The van der Waals surface area contributed by atoms with E-state index in [4.69, 9.17) is 0 Å². The predicted molar refractivity (Wildman–Crippen MR) is 119 cm³/mol. The maximum atomic E-state index is 15.0. The number of amides is 1. The van der Waals surface area contributed by atoms with E-state index in [0.29, 0.717) is 42.1 Å². The van der Waals surface area contributed by atoms with E-state index >= 15 is 4.39 Å². The number of hydrogen-bond acceptors (Lipinski definition) is 4. The van der Waals surface area contributed by atoms with E-state index in [1.807, 2.05) is 0 Å². The first-order chi connectivity index (χ1) is 17.5. The van der Waals surface area contributed by atoms with Crippen LogP contribution >= 0.6 is 0 Å². The van der Waals surface area contributed by atoms with E-state index in [1.54, 1.807) is 4.90 Å². The van der Waals surface area contributed by atoms with Crippen LogP contribution < -0.4 is 15.6 Å². The lowest BCUT2D eigenvalue weighted by atomic mass is 10.1. The molecule has 13 heteroatoms. The molecule has 0 bridgehead atoms. The van der Waals surface area contributed by atoms with Crippen LogP contribution in [0.4, 0.5) is 36.6 Å². The first kappa shape index (κ1) is 25.0. The van der Waals surface area contributed by atoms with Gasteiger partial charge in [0.25, 0.3) is 12.3 Å². The maximum Gasteiger partial charge on any atom is 0.290 e. The van der Waals surface area contributed by atoms with E-state index in [2.05, 4.69) is 4.98 Å². The zero-order valence-electron chi connectivity index (χ0n) is 19.0. The van der Waals surface area contributed by atoms with Crippen molar-refractivity contribution in [3.8, 4) is 5.69 Å². The molecule has 0 spiro atoms. The van der Waals surface area contributed by atoms with Gasteiger partial charge in [-0.25, -0.2) is 35.7 Å². The molecule has 1 saturated carbocycles. The minimum absolute atomic E-state index is 0.0729. The number of anilines is 1. The highest BCUT2D eigenvalue weighted by Gasteiger charge is 2.54. The Balaban J connectivity index is 1.74. The SMILES string of the molecule is O=C(NC(F)(C(F)F)C1CC1)c1cn(-c2c(F)cc(F)cc2F)c2nc(N3CCCC3)c(F)cc2c1=O. The molecule has 6 nitrogen and oxygen atoms in total. The molecule has 0 radical (unpaired) electrons. The second-order valence-electron chi connectivity index (χ2n) is 9.12. The summed E-state index contributed by atoms with van der Waals surface area (Å²) in [6.07, 6.45) is -1.44. The molecule has 2 aliphatic rings. The van der Waals surface area contributed by atoms with Crippen molar-refractivity contribution in [2.75, 3.05) is 18.0 Å². The van der Waals surface area contributed by atoms with E-state index in [9.17, 15) is 35.9 Å². The summed E-state index contributed by atoms with van der Waals surface area (Å²) in [5.74, 6) is -11.6. The number of carbonyl (C=O) groups is 1. The van der Waals surface area contributed by atoms with Crippen molar-refractivity contribution >= 4 is 22.8 Å². The zero-order valence-corrected chi connectivity index (χ0v) is 19.0. The molecule has 1 atom stereocenters. The van der Waals surface area contributed by atoms with E-state index in [1.165, 1.54) is 5.32 Å². The Morgan fingerprint density at radius 2 is 1.65 bits per heavy atom. The van der Waals surface area contributed by atoms with Gasteiger partial charge in [-0.1, -0.05) is 0 Å². The quantitative estimate of drug-likeness (QED) is 0.375. The fourth-order valence-corrected chi connectivity index (χ4v) is 4.54. The number of rotatable bonds is 6. The lowest BCUT2D eigenvalue weighted by Crippen LogP contribution is -2.53. The minimum atomic E-state index is -3.62. The number of hydrogen-bond donors (Lipinski definition) is 1. The van der Waals surface area contributed by atoms with Crippen LogP contribution in [0.25, 0.3) is 16.7 Å². The van der Waals surface area contributed by atoms with Crippen molar-refractivity contribution in [3.63, 3.8) is 0 Å². The number of halogens is 7. The summed E-state index contributed by atoms with van der Waals surface area (Å²) < 4.78 is 101. The first-order valence-corrected chi connectivity index (χ1v) is 11.5. The monoisotopic (exact) mass is 528 g/mol. The lowest BCUT2D eigenvalue weighted by molar-refractivity contribution is -0.0671. The van der Waals surface area contributed by atoms with E-state index in [-0.39, 0.29) is 18.7 Å². The van der Waals surface area contributed by atoms with Crippen molar-refractivity contribution in [3.05, 3.63) is 63.5 Å². The minimum Gasteiger partial charge on any atom is -0.354 e. The second-order valence-corrected chi connectivity index (χ2v) is 9.12. The van der Waals surface area contributed by atoms with Gasteiger partial charge in [0.15, 0.2) is 28.9 Å². The molecule has 1 unspecified atom stereocenters. The average molecular weight is 528 g/mol. The van der Waals surface area contributed by atoms with Gasteiger partial charge in [0.1, 0.15) is 17.1 Å². The van der Waals surface area contributed by atoms with Gasteiger partial charge in [0, 0.05) is 37.3 Å². The molecule has 37 heavy (non-hydrogen) atoms. The summed E-state index contributed by atoms with van der Waals surface area (Å²) >= 11 is 0. The van der Waals surface area contributed by atoms with Gasteiger partial charge >= 0.3 is 0 Å². The van der Waals surface area contributed by atoms with Crippen molar-refractivity contribution in [2.45, 2.75) is 37.9 Å². The molecule has 3 heterocycles. The second kappa shape index (κ2) is 9.03. The molecule has 1 saturated heterocycles. The molecule has 2 aromatic heterocycles. The Morgan fingerprint density at radius 1 is 1.03 bits per heavy atom. The van der Waals surface area contributed by atoms with Crippen LogP contribution in [0.2, 0.25) is 0 Å². The van der Waals surface area contributed by atoms with Crippen molar-refractivity contribution < 1.29 is 35.5 Å². The normalized spacial score (nSPS) is 17.5. The fourth-order valence-electron chi connectivity index (χ4n) is 4.54. The standard InChI is InChI=1S/C24H19F7N4O2/c25-12-7-15(26)18(16(27)8-12)35-10-14(22(37)33-24(31,23(29)30)11-3-4-11)19(36)13-9-17(28)21(32-20(13)35)34-5-1-2-6-34/h7-11,23H,1-6H2,(H,33,37). The average Bonchev–Trinajstić information content (AvgIpc) is 3.55. The third-order valence-electron chi connectivity index (χ3n) is 6.58. The number of pyridine rings is 2. The molecule has 1 amide bonds.